The van der Waals surface area contributed by atoms with Crippen molar-refractivity contribution in [1.29, 1.82) is 0 Å². The third-order valence-electron chi connectivity index (χ3n) is 2.84. The molecule has 5 nitrogen and oxygen atoms in total. The third-order valence-corrected chi connectivity index (χ3v) is 2.84. The van der Waals surface area contributed by atoms with E-state index in [4.69, 9.17) is 0 Å². The predicted octanol–water partition coefficient (Wildman–Crippen LogP) is 3.55. The fraction of sp³-hybridized carbons (Fsp3) is 0.312. The van der Waals surface area contributed by atoms with Crippen molar-refractivity contribution in [2.24, 2.45) is 0 Å². The lowest BCUT2D eigenvalue weighted by molar-refractivity contribution is 0.101. The monoisotopic (exact) mass is 284 g/mol. The highest BCUT2D eigenvalue weighted by Crippen LogP contribution is 2.17. The van der Waals surface area contributed by atoms with Crippen LogP contribution in [0.5, 0.6) is 0 Å². The average molecular weight is 284 g/mol. The number of Topliss-reactive ketones (excluding diaryl/α,β-unsaturated/α-hetero) is 1. The van der Waals surface area contributed by atoms with Gasteiger partial charge in [0.25, 0.3) is 0 Å². The fourth-order valence-corrected chi connectivity index (χ4v) is 1.91. The standard InChI is InChI=1S/C16H20N4O/c1-10(2)17-15-9-11(3)18-16(20-15)19-14-7-5-13(6-8-14)12(4)21/h5-10H,1-4H3,(H2,17,18,19,20). The SMILES string of the molecule is CC(=O)c1ccc(Nc2nc(C)cc(NC(C)C)n2)cc1. The van der Waals surface area contributed by atoms with Crippen LogP contribution in [0.25, 0.3) is 0 Å². The van der Waals surface area contributed by atoms with Crippen LogP contribution in [0.4, 0.5) is 17.5 Å². The molecule has 0 fully saturated rings. The molecular formula is C16H20N4O. The van der Waals surface area contributed by atoms with E-state index in [2.05, 4.69) is 34.4 Å². The molecule has 1 heterocycles. The van der Waals surface area contributed by atoms with Crippen LogP contribution in [0, 0.1) is 6.92 Å². The number of hydrogen-bond acceptors (Lipinski definition) is 5. The summed E-state index contributed by atoms with van der Waals surface area (Å²) >= 11 is 0. The van der Waals surface area contributed by atoms with E-state index in [-0.39, 0.29) is 5.78 Å². The number of hydrogen-bond donors (Lipinski definition) is 2. The van der Waals surface area contributed by atoms with Gasteiger partial charge in [0, 0.05) is 29.1 Å². The van der Waals surface area contributed by atoms with Crippen LogP contribution in [0.3, 0.4) is 0 Å². The summed E-state index contributed by atoms with van der Waals surface area (Å²) in [7, 11) is 0. The van der Waals surface area contributed by atoms with E-state index in [9.17, 15) is 4.79 Å². The van der Waals surface area contributed by atoms with Gasteiger partial charge in [-0.05, 0) is 52.0 Å². The highest BCUT2D eigenvalue weighted by molar-refractivity contribution is 5.94. The summed E-state index contributed by atoms with van der Waals surface area (Å²) in [6, 6.07) is 9.48. The highest BCUT2D eigenvalue weighted by atomic mass is 16.1. The number of nitrogens with one attached hydrogen (secondary N) is 2. The maximum absolute atomic E-state index is 11.3. The predicted molar refractivity (Wildman–Crippen MR) is 85.3 cm³/mol. The topological polar surface area (TPSA) is 66.9 Å². The second-order valence-corrected chi connectivity index (χ2v) is 5.28. The van der Waals surface area contributed by atoms with Crippen molar-refractivity contribution in [3.8, 4) is 0 Å². The molecule has 0 radical (unpaired) electrons. The number of aryl methyl sites for hydroxylation is 1. The molecule has 0 spiro atoms. The van der Waals surface area contributed by atoms with Crippen molar-refractivity contribution in [3.05, 3.63) is 41.6 Å². The second-order valence-electron chi connectivity index (χ2n) is 5.28. The quantitative estimate of drug-likeness (QED) is 0.822. The Kier molecular flexibility index (Phi) is 4.52. The Balaban J connectivity index is 2.18. The van der Waals surface area contributed by atoms with Gasteiger partial charge in [-0.2, -0.15) is 4.98 Å². The van der Waals surface area contributed by atoms with Gasteiger partial charge in [-0.3, -0.25) is 4.79 Å². The smallest absolute Gasteiger partial charge is 0.229 e. The van der Waals surface area contributed by atoms with Crippen LogP contribution in [-0.4, -0.2) is 21.8 Å². The lowest BCUT2D eigenvalue weighted by atomic mass is 10.1. The van der Waals surface area contributed by atoms with E-state index in [0.717, 1.165) is 17.2 Å². The first kappa shape index (κ1) is 15.0. The number of anilines is 3. The molecule has 0 amide bonds. The molecule has 0 saturated heterocycles. The van der Waals surface area contributed by atoms with Gasteiger partial charge < -0.3 is 10.6 Å². The molecule has 1 aromatic carbocycles. The first-order valence-corrected chi connectivity index (χ1v) is 6.94. The molecule has 0 saturated carbocycles. The Hall–Kier alpha value is -2.43. The summed E-state index contributed by atoms with van der Waals surface area (Å²) in [6.45, 7) is 7.60. The van der Waals surface area contributed by atoms with Crippen LogP contribution in [0.1, 0.15) is 36.8 Å². The molecule has 1 aromatic heterocycles. The normalized spacial score (nSPS) is 10.5. The number of carbonyl (C=O) groups is 1. The minimum atomic E-state index is 0.0526. The summed E-state index contributed by atoms with van der Waals surface area (Å²) in [5, 5.41) is 6.41. The van der Waals surface area contributed by atoms with Crippen LogP contribution in [0.15, 0.2) is 30.3 Å². The number of benzene rings is 1. The van der Waals surface area contributed by atoms with Gasteiger partial charge in [0.15, 0.2) is 5.78 Å². The Morgan fingerprint density at radius 1 is 1.14 bits per heavy atom. The van der Waals surface area contributed by atoms with Crippen molar-refractivity contribution in [1.82, 2.24) is 9.97 Å². The molecule has 0 unspecified atom stereocenters. The van der Waals surface area contributed by atoms with Crippen LogP contribution < -0.4 is 10.6 Å². The molecule has 2 aromatic rings. The number of nitrogens with zero attached hydrogens (tertiary/aromatic N) is 2. The van der Waals surface area contributed by atoms with Crippen molar-refractivity contribution >= 4 is 23.2 Å². The van der Waals surface area contributed by atoms with Crippen LogP contribution in [-0.2, 0) is 0 Å². The molecular weight excluding hydrogens is 264 g/mol. The van der Waals surface area contributed by atoms with Gasteiger partial charge >= 0.3 is 0 Å². The van der Waals surface area contributed by atoms with E-state index in [1.165, 1.54) is 0 Å². The summed E-state index contributed by atoms with van der Waals surface area (Å²) in [4.78, 5) is 20.0. The lowest BCUT2D eigenvalue weighted by Crippen LogP contribution is -2.12. The first-order valence-electron chi connectivity index (χ1n) is 6.94. The Bertz CT molecular complexity index is 635. The summed E-state index contributed by atoms with van der Waals surface area (Å²) in [5.74, 6) is 1.38. The molecule has 21 heavy (non-hydrogen) atoms. The van der Waals surface area contributed by atoms with Gasteiger partial charge in [0.2, 0.25) is 5.95 Å². The number of aromatic nitrogens is 2. The Morgan fingerprint density at radius 3 is 2.38 bits per heavy atom. The molecule has 2 rings (SSSR count). The van der Waals surface area contributed by atoms with Gasteiger partial charge in [-0.25, -0.2) is 4.98 Å². The van der Waals surface area contributed by atoms with Gasteiger partial charge in [-0.1, -0.05) is 0 Å². The van der Waals surface area contributed by atoms with Gasteiger partial charge in [0.05, 0.1) is 0 Å². The highest BCUT2D eigenvalue weighted by Gasteiger charge is 2.05. The zero-order valence-corrected chi connectivity index (χ0v) is 12.8. The van der Waals surface area contributed by atoms with Crippen molar-refractivity contribution < 1.29 is 4.79 Å². The molecule has 2 N–H and O–H groups in total. The zero-order chi connectivity index (χ0) is 15.4. The van der Waals surface area contributed by atoms with E-state index >= 15 is 0 Å². The average Bonchev–Trinajstić information content (AvgIpc) is 2.37. The number of ketones is 1. The fourth-order valence-electron chi connectivity index (χ4n) is 1.91. The lowest BCUT2D eigenvalue weighted by Gasteiger charge is -2.12. The third kappa shape index (κ3) is 4.27. The number of rotatable bonds is 5. The summed E-state index contributed by atoms with van der Waals surface area (Å²) < 4.78 is 0. The molecule has 0 bridgehead atoms. The number of carbonyl (C=O) groups excluding carboxylic acids is 1. The van der Waals surface area contributed by atoms with Crippen molar-refractivity contribution in [3.63, 3.8) is 0 Å². The van der Waals surface area contributed by atoms with E-state index < -0.39 is 0 Å². The minimum absolute atomic E-state index is 0.0526. The molecule has 110 valence electrons. The zero-order valence-electron chi connectivity index (χ0n) is 12.8. The molecule has 5 heteroatoms. The Morgan fingerprint density at radius 2 is 1.81 bits per heavy atom. The van der Waals surface area contributed by atoms with E-state index in [1.807, 2.05) is 25.1 Å². The van der Waals surface area contributed by atoms with Gasteiger partial charge in [-0.15, -0.1) is 0 Å². The molecule has 0 aliphatic carbocycles. The van der Waals surface area contributed by atoms with Crippen LogP contribution in [0.2, 0.25) is 0 Å². The van der Waals surface area contributed by atoms with Gasteiger partial charge in [0.1, 0.15) is 5.82 Å². The van der Waals surface area contributed by atoms with E-state index in [1.54, 1.807) is 19.1 Å². The maximum atomic E-state index is 11.3. The van der Waals surface area contributed by atoms with Crippen molar-refractivity contribution in [2.75, 3.05) is 10.6 Å². The minimum Gasteiger partial charge on any atom is -0.368 e. The molecule has 0 aliphatic heterocycles. The Labute approximate surface area is 124 Å². The summed E-state index contributed by atoms with van der Waals surface area (Å²) in [5.41, 5.74) is 2.42. The molecule has 0 aliphatic rings. The van der Waals surface area contributed by atoms with E-state index in [0.29, 0.717) is 17.6 Å². The second kappa shape index (κ2) is 6.35. The summed E-state index contributed by atoms with van der Waals surface area (Å²) in [6.07, 6.45) is 0. The maximum Gasteiger partial charge on any atom is 0.229 e. The van der Waals surface area contributed by atoms with Crippen molar-refractivity contribution in [2.45, 2.75) is 33.7 Å². The molecule has 0 atom stereocenters. The van der Waals surface area contributed by atoms with Crippen LogP contribution >= 0.6 is 0 Å². The first-order chi connectivity index (χ1) is 9.94. The largest absolute Gasteiger partial charge is 0.368 e.